The lowest BCUT2D eigenvalue weighted by Crippen LogP contribution is -2.69. The number of carbonyl (C=O) groups excluding carboxylic acids is 3. The highest BCUT2D eigenvalue weighted by atomic mass is 35.5. The standard InChI is InChI=1S/C17H17ClF6N2O6/c1-3-32-13(29)15(17(22,23)24,26-11(27)8-18)25-10-6-4-9(5-7-10)14(30,12(28)31-2)16(19,20)21/h4-7,25,30H,3,8H2,1-2H3,(H,26,27). The Labute approximate surface area is 181 Å². The molecule has 3 N–H and O–H groups in total. The van der Waals surface area contributed by atoms with Crippen molar-refractivity contribution in [3.63, 3.8) is 0 Å². The van der Waals surface area contributed by atoms with Crippen molar-refractivity contribution >= 4 is 35.1 Å². The molecule has 15 heteroatoms. The average molecular weight is 495 g/mol. The number of anilines is 1. The maximum Gasteiger partial charge on any atom is 0.441 e. The lowest BCUT2D eigenvalue weighted by molar-refractivity contribution is -0.266. The van der Waals surface area contributed by atoms with Crippen molar-refractivity contribution in [3.05, 3.63) is 29.8 Å². The van der Waals surface area contributed by atoms with E-state index in [9.17, 15) is 45.8 Å². The van der Waals surface area contributed by atoms with Gasteiger partial charge in [0, 0.05) is 11.3 Å². The molecule has 0 saturated carbocycles. The maximum absolute atomic E-state index is 13.8. The first-order valence-corrected chi connectivity index (χ1v) is 9.01. The van der Waals surface area contributed by atoms with Crippen molar-refractivity contribution in [1.82, 2.24) is 5.32 Å². The summed E-state index contributed by atoms with van der Waals surface area (Å²) < 4.78 is 89.7. The first kappa shape index (κ1) is 27.3. The van der Waals surface area contributed by atoms with E-state index in [0.717, 1.165) is 0 Å². The second-order valence-electron chi connectivity index (χ2n) is 6.05. The van der Waals surface area contributed by atoms with Gasteiger partial charge in [-0.05, 0) is 19.1 Å². The fourth-order valence-corrected chi connectivity index (χ4v) is 2.50. The summed E-state index contributed by atoms with van der Waals surface area (Å²) >= 11 is 5.21. The Morgan fingerprint density at radius 1 is 1.00 bits per heavy atom. The minimum absolute atomic E-state index is 0.475. The number of halogens is 7. The van der Waals surface area contributed by atoms with Gasteiger partial charge in [-0.1, -0.05) is 12.1 Å². The molecule has 8 nitrogen and oxygen atoms in total. The smallest absolute Gasteiger partial charge is 0.441 e. The van der Waals surface area contributed by atoms with E-state index in [2.05, 4.69) is 9.47 Å². The van der Waals surface area contributed by atoms with Crippen LogP contribution < -0.4 is 10.6 Å². The number of hydrogen-bond donors (Lipinski definition) is 3. The lowest BCUT2D eigenvalue weighted by Gasteiger charge is -2.35. The molecule has 0 aliphatic heterocycles. The van der Waals surface area contributed by atoms with Crippen LogP contribution in [0, 0.1) is 0 Å². The molecular formula is C17H17ClF6N2O6. The van der Waals surface area contributed by atoms with Crippen LogP contribution in [0.3, 0.4) is 0 Å². The fraction of sp³-hybridized carbons (Fsp3) is 0.471. The normalized spacial score (nSPS) is 15.7. The van der Waals surface area contributed by atoms with Crippen molar-refractivity contribution < 1.29 is 55.3 Å². The Hall–Kier alpha value is -2.74. The molecule has 1 rings (SSSR count). The van der Waals surface area contributed by atoms with Crippen LogP contribution in [-0.4, -0.2) is 60.6 Å². The summed E-state index contributed by atoms with van der Waals surface area (Å²) in [6.45, 7) is 0.688. The molecule has 32 heavy (non-hydrogen) atoms. The number of hydrogen-bond acceptors (Lipinski definition) is 7. The van der Waals surface area contributed by atoms with Gasteiger partial charge in [0.05, 0.1) is 13.7 Å². The summed E-state index contributed by atoms with van der Waals surface area (Å²) in [5.74, 6) is -6.44. The molecule has 0 saturated heterocycles. The number of esters is 2. The number of benzene rings is 1. The summed E-state index contributed by atoms with van der Waals surface area (Å²) in [6.07, 6.45) is -11.0. The predicted molar refractivity (Wildman–Crippen MR) is 96.3 cm³/mol. The highest BCUT2D eigenvalue weighted by Gasteiger charge is 2.64. The third-order valence-electron chi connectivity index (χ3n) is 3.98. The molecule has 0 radical (unpaired) electrons. The summed E-state index contributed by atoms with van der Waals surface area (Å²) in [5, 5.41) is 12.9. The summed E-state index contributed by atoms with van der Waals surface area (Å²) in [5.41, 5.74) is -9.68. The van der Waals surface area contributed by atoms with Crippen LogP contribution in [0.15, 0.2) is 24.3 Å². The molecule has 0 fully saturated rings. The van der Waals surface area contributed by atoms with Gasteiger partial charge in [-0.15, -0.1) is 11.6 Å². The van der Waals surface area contributed by atoms with Gasteiger partial charge in [0.15, 0.2) is 0 Å². The van der Waals surface area contributed by atoms with Crippen LogP contribution in [0.25, 0.3) is 0 Å². The summed E-state index contributed by atoms with van der Waals surface area (Å²) in [6, 6.07) is 2.15. The van der Waals surface area contributed by atoms with Crippen LogP contribution >= 0.6 is 11.6 Å². The van der Waals surface area contributed by atoms with Gasteiger partial charge in [0.1, 0.15) is 5.88 Å². The van der Waals surface area contributed by atoms with E-state index < -0.39 is 65.2 Å². The van der Waals surface area contributed by atoms with Gasteiger partial charge < -0.3 is 25.2 Å². The van der Waals surface area contributed by atoms with E-state index >= 15 is 0 Å². The highest BCUT2D eigenvalue weighted by molar-refractivity contribution is 6.27. The average Bonchev–Trinajstić information content (AvgIpc) is 2.70. The molecule has 0 aliphatic rings. The number of amides is 1. The molecule has 0 bridgehead atoms. The molecule has 1 amide bonds. The topological polar surface area (TPSA) is 114 Å². The largest absolute Gasteiger partial charge is 0.466 e. The van der Waals surface area contributed by atoms with Crippen molar-refractivity contribution in [2.45, 2.75) is 30.5 Å². The SMILES string of the molecule is CCOC(=O)C(NC(=O)CCl)(Nc1ccc(C(O)(C(=O)OC)C(F)(F)F)cc1)C(F)(F)F. The quantitative estimate of drug-likeness (QED) is 0.220. The summed E-state index contributed by atoms with van der Waals surface area (Å²) in [7, 11) is 0.589. The minimum atomic E-state index is -5.54. The Morgan fingerprint density at radius 2 is 1.53 bits per heavy atom. The van der Waals surface area contributed by atoms with Gasteiger partial charge in [-0.25, -0.2) is 9.59 Å². The number of rotatable bonds is 8. The lowest BCUT2D eigenvalue weighted by atomic mass is 9.93. The monoisotopic (exact) mass is 494 g/mol. The minimum Gasteiger partial charge on any atom is -0.466 e. The van der Waals surface area contributed by atoms with E-state index in [4.69, 9.17) is 11.6 Å². The van der Waals surface area contributed by atoms with Gasteiger partial charge in [-0.2, -0.15) is 26.3 Å². The Morgan fingerprint density at radius 3 is 1.91 bits per heavy atom. The molecule has 0 spiro atoms. The number of nitrogens with one attached hydrogen (secondary N) is 2. The van der Waals surface area contributed by atoms with Gasteiger partial charge >= 0.3 is 30.0 Å². The third-order valence-corrected chi connectivity index (χ3v) is 4.22. The predicted octanol–water partition coefficient (Wildman–Crippen LogP) is 2.20. The third kappa shape index (κ3) is 5.18. The van der Waals surface area contributed by atoms with Crippen LogP contribution in [0.1, 0.15) is 12.5 Å². The highest BCUT2D eigenvalue weighted by Crippen LogP contribution is 2.41. The molecule has 2 unspecified atom stereocenters. The van der Waals surface area contributed by atoms with Gasteiger partial charge in [0.2, 0.25) is 5.91 Å². The first-order valence-electron chi connectivity index (χ1n) is 8.47. The van der Waals surface area contributed by atoms with Crippen LogP contribution in [0.4, 0.5) is 32.0 Å². The number of aliphatic hydroxyl groups is 1. The van der Waals surface area contributed by atoms with Crippen molar-refractivity contribution in [3.8, 4) is 0 Å². The maximum atomic E-state index is 13.8. The van der Waals surface area contributed by atoms with E-state index in [1.165, 1.54) is 12.2 Å². The fourth-order valence-electron chi connectivity index (χ4n) is 2.43. The molecule has 0 heterocycles. The Bertz CT molecular complexity index is 847. The zero-order valence-electron chi connectivity index (χ0n) is 16.4. The number of alkyl halides is 7. The van der Waals surface area contributed by atoms with Crippen LogP contribution in [-0.2, 0) is 29.5 Å². The molecule has 2 atom stereocenters. The zero-order valence-corrected chi connectivity index (χ0v) is 17.1. The molecule has 1 aromatic rings. The van der Waals surface area contributed by atoms with E-state index in [1.807, 2.05) is 0 Å². The molecule has 0 aromatic heterocycles. The van der Waals surface area contributed by atoms with E-state index in [-0.39, 0.29) is 0 Å². The van der Waals surface area contributed by atoms with E-state index in [0.29, 0.717) is 31.4 Å². The number of carbonyl (C=O) groups is 3. The summed E-state index contributed by atoms with van der Waals surface area (Å²) in [4.78, 5) is 35.3. The second kappa shape index (κ2) is 9.81. The number of methoxy groups -OCH3 is 1. The Kier molecular flexibility index (Phi) is 8.37. The Balaban J connectivity index is 3.51. The van der Waals surface area contributed by atoms with Crippen LogP contribution in [0.5, 0.6) is 0 Å². The first-order chi connectivity index (χ1) is 14.6. The van der Waals surface area contributed by atoms with Gasteiger partial charge in [0.25, 0.3) is 5.60 Å². The molecule has 1 aromatic carbocycles. The van der Waals surface area contributed by atoms with Crippen LogP contribution in [0.2, 0.25) is 0 Å². The second-order valence-corrected chi connectivity index (χ2v) is 6.32. The van der Waals surface area contributed by atoms with Crippen molar-refractivity contribution in [1.29, 1.82) is 0 Å². The van der Waals surface area contributed by atoms with Crippen molar-refractivity contribution in [2.24, 2.45) is 0 Å². The number of ether oxygens (including phenoxy) is 2. The van der Waals surface area contributed by atoms with Gasteiger partial charge in [-0.3, -0.25) is 4.79 Å². The molecular weight excluding hydrogens is 478 g/mol. The molecule has 180 valence electrons. The van der Waals surface area contributed by atoms with Crippen molar-refractivity contribution in [2.75, 3.05) is 24.9 Å². The molecule has 0 aliphatic carbocycles. The zero-order chi connectivity index (χ0) is 25.0. The van der Waals surface area contributed by atoms with E-state index in [1.54, 1.807) is 5.32 Å².